The van der Waals surface area contributed by atoms with Crippen molar-refractivity contribution in [2.75, 3.05) is 16.6 Å². The van der Waals surface area contributed by atoms with Crippen LogP contribution in [-0.2, 0) is 20.2 Å². The summed E-state index contributed by atoms with van der Waals surface area (Å²) in [7, 11) is -3.76. The van der Waals surface area contributed by atoms with Crippen LogP contribution in [0.4, 0.5) is 11.5 Å². The number of hydrogen-bond acceptors (Lipinski definition) is 5. The number of carbonyl (C=O) groups excluding carboxylic acids is 1. The van der Waals surface area contributed by atoms with Crippen molar-refractivity contribution < 1.29 is 17.9 Å². The number of pyridine rings is 1. The van der Waals surface area contributed by atoms with Crippen molar-refractivity contribution >= 4 is 43.4 Å². The largest absolute Gasteiger partial charge is 0.492 e. The van der Waals surface area contributed by atoms with Gasteiger partial charge >= 0.3 is 0 Å². The molecule has 0 bridgehead atoms. The molecule has 0 aliphatic carbocycles. The van der Waals surface area contributed by atoms with Gasteiger partial charge in [-0.2, -0.15) is 0 Å². The Morgan fingerprint density at radius 1 is 1.06 bits per heavy atom. The van der Waals surface area contributed by atoms with Crippen molar-refractivity contribution in [3.8, 4) is 5.75 Å². The average Bonchev–Trinajstić information content (AvgIpc) is 2.77. The topological polar surface area (TPSA) is 97.4 Å². The molecule has 180 valence electrons. The van der Waals surface area contributed by atoms with E-state index in [0.717, 1.165) is 10.2 Å². The van der Waals surface area contributed by atoms with Crippen molar-refractivity contribution in [2.45, 2.75) is 43.9 Å². The number of halogens is 1. The summed E-state index contributed by atoms with van der Waals surface area (Å²) in [4.78, 5) is 16.3. The number of hydrogen-bond donors (Lipinski definition) is 2. The third-order valence-corrected chi connectivity index (χ3v) is 6.95. The van der Waals surface area contributed by atoms with Crippen LogP contribution in [0.15, 0.2) is 76.2 Å². The van der Waals surface area contributed by atoms with Crippen molar-refractivity contribution in [3.63, 3.8) is 0 Å². The summed E-state index contributed by atoms with van der Waals surface area (Å²) in [6.45, 7) is 6.86. The van der Waals surface area contributed by atoms with E-state index in [9.17, 15) is 13.2 Å². The van der Waals surface area contributed by atoms with Crippen LogP contribution >= 0.6 is 15.9 Å². The first-order valence-electron chi connectivity index (χ1n) is 10.8. The number of aromatic nitrogens is 1. The van der Waals surface area contributed by atoms with Gasteiger partial charge in [0, 0.05) is 18.3 Å². The Labute approximate surface area is 209 Å². The van der Waals surface area contributed by atoms with Gasteiger partial charge in [-0.1, -0.05) is 32.9 Å². The van der Waals surface area contributed by atoms with E-state index in [1.54, 1.807) is 30.3 Å². The van der Waals surface area contributed by atoms with Crippen molar-refractivity contribution in [2.24, 2.45) is 0 Å². The predicted octanol–water partition coefficient (Wildman–Crippen LogP) is 5.74. The summed E-state index contributed by atoms with van der Waals surface area (Å²) in [6.07, 6.45) is 2.32. The smallest absolute Gasteiger partial charge is 0.263 e. The molecule has 9 heteroatoms. The molecule has 1 amide bonds. The second kappa shape index (κ2) is 11.0. The van der Waals surface area contributed by atoms with E-state index in [4.69, 9.17) is 4.74 Å². The number of rotatable bonds is 9. The van der Waals surface area contributed by atoms with E-state index in [1.807, 2.05) is 12.1 Å². The van der Waals surface area contributed by atoms with Crippen LogP contribution in [0.5, 0.6) is 5.75 Å². The van der Waals surface area contributed by atoms with E-state index in [2.05, 4.69) is 57.8 Å². The minimum Gasteiger partial charge on any atom is -0.492 e. The Hall–Kier alpha value is -2.91. The SMILES string of the molecule is CC(C)(C)c1ccc(OCCCC(=O)Nc2ccc(S(=O)(=O)Nc3ccccn3)cc2)c(Br)c1. The van der Waals surface area contributed by atoms with Gasteiger partial charge in [0.2, 0.25) is 5.91 Å². The van der Waals surface area contributed by atoms with Gasteiger partial charge in [0.1, 0.15) is 11.6 Å². The molecule has 2 N–H and O–H groups in total. The second-order valence-electron chi connectivity index (χ2n) is 8.74. The molecular weight excluding hydrogens is 518 g/mol. The Morgan fingerprint density at radius 3 is 2.41 bits per heavy atom. The molecule has 34 heavy (non-hydrogen) atoms. The molecule has 2 aromatic carbocycles. The van der Waals surface area contributed by atoms with E-state index in [0.29, 0.717) is 18.7 Å². The first-order chi connectivity index (χ1) is 16.0. The number of carbonyl (C=O) groups is 1. The molecular formula is C25H28BrN3O4S. The fraction of sp³-hybridized carbons (Fsp3) is 0.280. The van der Waals surface area contributed by atoms with Crippen LogP contribution in [0.3, 0.4) is 0 Å². The summed E-state index contributed by atoms with van der Waals surface area (Å²) >= 11 is 3.55. The molecule has 3 aromatic rings. The maximum atomic E-state index is 12.5. The number of amides is 1. The van der Waals surface area contributed by atoms with Gasteiger partial charge in [-0.05, 0) is 81.9 Å². The average molecular weight is 546 g/mol. The lowest BCUT2D eigenvalue weighted by Crippen LogP contribution is -2.15. The molecule has 0 atom stereocenters. The van der Waals surface area contributed by atoms with Gasteiger partial charge < -0.3 is 10.1 Å². The third kappa shape index (κ3) is 7.30. The molecule has 0 spiro atoms. The normalized spacial score (nSPS) is 11.6. The lowest BCUT2D eigenvalue weighted by molar-refractivity contribution is -0.116. The second-order valence-corrected chi connectivity index (χ2v) is 11.3. The highest BCUT2D eigenvalue weighted by Gasteiger charge is 2.16. The highest BCUT2D eigenvalue weighted by molar-refractivity contribution is 9.10. The van der Waals surface area contributed by atoms with Gasteiger partial charge in [0.05, 0.1) is 16.0 Å². The maximum Gasteiger partial charge on any atom is 0.263 e. The van der Waals surface area contributed by atoms with Gasteiger partial charge in [-0.3, -0.25) is 9.52 Å². The standard InChI is InChI=1S/C25H28BrN3O4S/c1-25(2,3)18-9-14-22(21(26)17-18)33-16-6-8-24(30)28-19-10-12-20(13-11-19)34(31,32)29-23-7-4-5-15-27-23/h4-5,7,9-15,17H,6,8,16H2,1-3H3,(H,27,29)(H,28,30). The maximum absolute atomic E-state index is 12.5. The minimum atomic E-state index is -3.76. The van der Waals surface area contributed by atoms with E-state index >= 15 is 0 Å². The van der Waals surface area contributed by atoms with E-state index < -0.39 is 10.0 Å². The molecule has 1 heterocycles. The first-order valence-corrected chi connectivity index (χ1v) is 13.1. The van der Waals surface area contributed by atoms with Gasteiger partial charge in [-0.15, -0.1) is 0 Å². The first kappa shape index (κ1) is 25.7. The molecule has 0 aliphatic heterocycles. The minimum absolute atomic E-state index is 0.0527. The summed E-state index contributed by atoms with van der Waals surface area (Å²) in [5, 5.41) is 2.77. The zero-order chi connectivity index (χ0) is 24.8. The lowest BCUT2D eigenvalue weighted by Gasteiger charge is -2.20. The summed E-state index contributed by atoms with van der Waals surface area (Å²) in [5.41, 5.74) is 1.78. The van der Waals surface area contributed by atoms with E-state index in [1.165, 1.54) is 23.9 Å². The molecule has 0 aliphatic rings. The van der Waals surface area contributed by atoms with Gasteiger partial charge in [-0.25, -0.2) is 13.4 Å². The highest BCUT2D eigenvalue weighted by atomic mass is 79.9. The van der Waals surface area contributed by atoms with Gasteiger partial charge in [0.25, 0.3) is 10.0 Å². The highest BCUT2D eigenvalue weighted by Crippen LogP contribution is 2.31. The van der Waals surface area contributed by atoms with Crippen LogP contribution in [0.2, 0.25) is 0 Å². The lowest BCUT2D eigenvalue weighted by atomic mass is 9.87. The van der Waals surface area contributed by atoms with Crippen molar-refractivity contribution in [3.05, 3.63) is 76.9 Å². The number of anilines is 2. The Balaban J connectivity index is 1.46. The third-order valence-electron chi connectivity index (χ3n) is 4.96. The predicted molar refractivity (Wildman–Crippen MR) is 138 cm³/mol. The Bertz CT molecular complexity index is 1230. The zero-order valence-corrected chi connectivity index (χ0v) is 21.7. The quantitative estimate of drug-likeness (QED) is 0.334. The molecule has 0 fully saturated rings. The van der Waals surface area contributed by atoms with Gasteiger partial charge in [0.15, 0.2) is 0 Å². The molecule has 3 rings (SSSR count). The number of benzene rings is 2. The zero-order valence-electron chi connectivity index (χ0n) is 19.3. The fourth-order valence-corrected chi connectivity index (χ4v) is 4.56. The molecule has 7 nitrogen and oxygen atoms in total. The van der Waals surface area contributed by atoms with Crippen LogP contribution in [-0.4, -0.2) is 25.9 Å². The number of nitrogens with zero attached hydrogens (tertiary/aromatic N) is 1. The molecule has 1 aromatic heterocycles. The van der Waals surface area contributed by atoms with Crippen LogP contribution in [0, 0.1) is 0 Å². The molecule has 0 unspecified atom stereocenters. The van der Waals surface area contributed by atoms with Crippen LogP contribution < -0.4 is 14.8 Å². The molecule has 0 saturated carbocycles. The summed E-state index contributed by atoms with van der Waals surface area (Å²) in [6, 6.07) is 17.0. The Morgan fingerprint density at radius 2 is 1.79 bits per heavy atom. The van der Waals surface area contributed by atoms with Crippen LogP contribution in [0.1, 0.15) is 39.2 Å². The number of ether oxygens (including phenoxy) is 1. The van der Waals surface area contributed by atoms with Crippen molar-refractivity contribution in [1.29, 1.82) is 0 Å². The monoisotopic (exact) mass is 545 g/mol. The number of nitrogens with one attached hydrogen (secondary N) is 2. The Kier molecular flexibility index (Phi) is 8.33. The summed E-state index contributed by atoms with van der Waals surface area (Å²) in [5.74, 6) is 0.803. The molecule has 0 saturated heterocycles. The van der Waals surface area contributed by atoms with Crippen molar-refractivity contribution in [1.82, 2.24) is 4.98 Å². The van der Waals surface area contributed by atoms with E-state index in [-0.39, 0.29) is 28.5 Å². The fourth-order valence-electron chi connectivity index (χ4n) is 3.06. The van der Waals surface area contributed by atoms with Crippen LogP contribution in [0.25, 0.3) is 0 Å². The molecule has 0 radical (unpaired) electrons. The summed E-state index contributed by atoms with van der Waals surface area (Å²) < 4.78 is 34.0. The number of sulfonamides is 1.